The van der Waals surface area contributed by atoms with Crippen molar-refractivity contribution in [1.29, 1.82) is 0 Å². The molecule has 0 aliphatic carbocycles. The van der Waals surface area contributed by atoms with Gasteiger partial charge in [-0.1, -0.05) is 30.3 Å². The van der Waals surface area contributed by atoms with E-state index in [0.717, 1.165) is 45.6 Å². The molecule has 3 aromatic carbocycles. The van der Waals surface area contributed by atoms with Crippen LogP contribution in [0.25, 0.3) is 21.8 Å². The summed E-state index contributed by atoms with van der Waals surface area (Å²) in [6.45, 7) is 3.29. The average Bonchev–Trinajstić information content (AvgIpc) is 3.35. The van der Waals surface area contributed by atoms with E-state index < -0.39 is 23.0 Å². The molecule has 0 saturated carbocycles. The second-order valence-electron chi connectivity index (χ2n) is 9.88. The van der Waals surface area contributed by atoms with Crippen LogP contribution >= 0.6 is 11.3 Å². The van der Waals surface area contributed by atoms with Crippen molar-refractivity contribution in [2.75, 3.05) is 32.6 Å². The first kappa shape index (κ1) is 29.0. The number of thiazole rings is 1. The molecular weight excluding hydrogens is 556 g/mol. The fourth-order valence-corrected chi connectivity index (χ4v) is 5.26. The summed E-state index contributed by atoms with van der Waals surface area (Å²) in [6.07, 6.45) is 1.53. The molecule has 0 radical (unpaired) electrons. The molecule has 1 N–H and O–H groups in total. The SMILES string of the molecule is Cc1nc(-c2cccc(CC(=O)c3c(F)cccc3F)c2)c(-c2ccnc(Nc3cccc(OCCN(C)C)c3)n2)s1. The maximum absolute atomic E-state index is 14.2. The van der Waals surface area contributed by atoms with Gasteiger partial charge in [-0.25, -0.2) is 23.7 Å². The Bertz CT molecular complexity index is 1700. The minimum atomic E-state index is -0.870. The first-order valence-electron chi connectivity index (χ1n) is 13.3. The van der Waals surface area contributed by atoms with E-state index in [1.807, 2.05) is 63.5 Å². The van der Waals surface area contributed by atoms with Crippen molar-refractivity contribution in [3.8, 4) is 27.6 Å². The van der Waals surface area contributed by atoms with Crippen LogP contribution in [-0.4, -0.2) is 52.9 Å². The van der Waals surface area contributed by atoms with Crippen LogP contribution in [0.3, 0.4) is 0 Å². The minimum absolute atomic E-state index is 0.149. The molecule has 5 aromatic rings. The first-order chi connectivity index (χ1) is 20.3. The molecule has 0 atom stereocenters. The number of carbonyl (C=O) groups is 1. The van der Waals surface area contributed by atoms with E-state index in [9.17, 15) is 13.6 Å². The number of benzene rings is 3. The largest absolute Gasteiger partial charge is 0.492 e. The maximum Gasteiger partial charge on any atom is 0.227 e. The van der Waals surface area contributed by atoms with Gasteiger partial charge >= 0.3 is 0 Å². The molecule has 0 fully saturated rings. The first-order valence-corrected chi connectivity index (χ1v) is 14.1. The van der Waals surface area contributed by atoms with Crippen LogP contribution in [0.5, 0.6) is 5.75 Å². The van der Waals surface area contributed by atoms with Gasteiger partial charge in [0.05, 0.1) is 26.8 Å². The molecule has 5 rings (SSSR count). The molecule has 0 bridgehead atoms. The van der Waals surface area contributed by atoms with Crippen LogP contribution < -0.4 is 10.1 Å². The second-order valence-corrected chi connectivity index (χ2v) is 11.1. The molecule has 10 heteroatoms. The van der Waals surface area contributed by atoms with Crippen molar-refractivity contribution in [3.05, 3.63) is 107 Å². The molecule has 42 heavy (non-hydrogen) atoms. The lowest BCUT2D eigenvalue weighted by atomic mass is 9.99. The zero-order valence-corrected chi connectivity index (χ0v) is 24.2. The summed E-state index contributed by atoms with van der Waals surface area (Å²) in [5, 5.41) is 4.09. The topological polar surface area (TPSA) is 80.2 Å². The molecular formula is C32H29F2N5O2S. The number of nitrogens with zero attached hydrogens (tertiary/aromatic N) is 4. The predicted molar refractivity (Wildman–Crippen MR) is 161 cm³/mol. The Morgan fingerprint density at radius 2 is 1.74 bits per heavy atom. The van der Waals surface area contributed by atoms with Gasteiger partial charge in [0.1, 0.15) is 24.0 Å². The fraction of sp³-hybridized carbons (Fsp3) is 0.188. The predicted octanol–water partition coefficient (Wildman–Crippen LogP) is 6.96. The van der Waals surface area contributed by atoms with Crippen LogP contribution in [0, 0.1) is 18.6 Å². The summed E-state index contributed by atoms with van der Waals surface area (Å²) in [5.74, 6) is -1.21. The standard InChI is InChI=1S/C32H29F2N5O2S/c1-20-36-30(22-8-4-7-21(17-22)18-28(40)29-25(33)11-6-12-26(29)34)31(42-20)27-13-14-35-32(38-27)37-23-9-5-10-24(19-23)41-16-15-39(2)3/h4-14,17,19H,15-16,18H2,1-3H3,(H,35,37,38). The van der Waals surface area contributed by atoms with Crippen molar-refractivity contribution in [1.82, 2.24) is 19.9 Å². The van der Waals surface area contributed by atoms with Crippen LogP contribution in [0.1, 0.15) is 20.9 Å². The van der Waals surface area contributed by atoms with E-state index in [0.29, 0.717) is 29.5 Å². The highest BCUT2D eigenvalue weighted by molar-refractivity contribution is 7.15. The monoisotopic (exact) mass is 585 g/mol. The molecule has 0 aliphatic heterocycles. The lowest BCUT2D eigenvalue weighted by Gasteiger charge is -2.12. The third-order valence-electron chi connectivity index (χ3n) is 6.33. The Hall–Kier alpha value is -4.54. The summed E-state index contributed by atoms with van der Waals surface area (Å²) in [5.41, 5.74) is 3.03. The molecule has 0 saturated heterocycles. The van der Waals surface area contributed by atoms with Gasteiger partial charge in [0.15, 0.2) is 5.78 Å². The molecule has 0 spiro atoms. The van der Waals surface area contributed by atoms with E-state index in [-0.39, 0.29) is 6.42 Å². The van der Waals surface area contributed by atoms with Gasteiger partial charge in [0.2, 0.25) is 5.95 Å². The van der Waals surface area contributed by atoms with Crippen LogP contribution in [-0.2, 0) is 6.42 Å². The number of anilines is 2. The number of ether oxygens (including phenoxy) is 1. The normalized spacial score (nSPS) is 11.1. The van der Waals surface area contributed by atoms with E-state index in [4.69, 9.17) is 14.7 Å². The summed E-state index contributed by atoms with van der Waals surface area (Å²) in [6, 6.07) is 20.1. The lowest BCUT2D eigenvalue weighted by molar-refractivity contribution is 0.0985. The number of hydrogen-bond acceptors (Lipinski definition) is 8. The Morgan fingerprint density at radius 1 is 0.976 bits per heavy atom. The number of carbonyl (C=O) groups excluding carboxylic acids is 1. The smallest absolute Gasteiger partial charge is 0.227 e. The van der Waals surface area contributed by atoms with Gasteiger partial charge in [-0.05, 0) is 63.0 Å². The Kier molecular flexibility index (Phi) is 8.94. The molecule has 0 amide bonds. The zero-order chi connectivity index (χ0) is 29.6. The van der Waals surface area contributed by atoms with Crippen molar-refractivity contribution >= 4 is 28.8 Å². The summed E-state index contributed by atoms with van der Waals surface area (Å²) < 4.78 is 34.2. The van der Waals surface area contributed by atoms with Crippen LogP contribution in [0.15, 0.2) is 79.0 Å². The Labute approximate surface area is 246 Å². The molecule has 0 unspecified atom stereocenters. The maximum atomic E-state index is 14.2. The minimum Gasteiger partial charge on any atom is -0.492 e. The van der Waals surface area contributed by atoms with E-state index in [2.05, 4.69) is 15.2 Å². The van der Waals surface area contributed by atoms with Gasteiger partial charge < -0.3 is 15.0 Å². The van der Waals surface area contributed by atoms with Crippen molar-refractivity contribution in [2.45, 2.75) is 13.3 Å². The van der Waals surface area contributed by atoms with Gasteiger partial charge in [-0.15, -0.1) is 11.3 Å². The number of ketones is 1. The molecule has 2 aromatic heterocycles. The van der Waals surface area contributed by atoms with E-state index >= 15 is 0 Å². The Morgan fingerprint density at radius 3 is 2.52 bits per heavy atom. The number of likely N-dealkylation sites (N-methyl/N-ethyl adjacent to an activating group) is 1. The number of aromatic nitrogens is 3. The zero-order valence-electron chi connectivity index (χ0n) is 23.4. The third kappa shape index (κ3) is 7.02. The number of halogens is 2. The van der Waals surface area contributed by atoms with Gasteiger partial charge in [0.25, 0.3) is 0 Å². The second kappa shape index (κ2) is 13.0. The van der Waals surface area contributed by atoms with E-state index in [1.165, 1.54) is 17.4 Å². The summed E-state index contributed by atoms with van der Waals surface area (Å²) >= 11 is 1.49. The lowest BCUT2D eigenvalue weighted by Crippen LogP contribution is -2.19. The summed E-state index contributed by atoms with van der Waals surface area (Å²) in [4.78, 5) is 29.5. The molecule has 0 aliphatic rings. The molecule has 7 nitrogen and oxygen atoms in total. The van der Waals surface area contributed by atoms with Gasteiger partial charge in [-0.3, -0.25) is 4.79 Å². The fourth-order valence-electron chi connectivity index (χ4n) is 4.35. The highest BCUT2D eigenvalue weighted by Crippen LogP contribution is 2.36. The van der Waals surface area contributed by atoms with Crippen molar-refractivity contribution < 1.29 is 18.3 Å². The number of Topliss-reactive ketones (excluding diaryl/α,β-unsaturated/α-hetero) is 1. The number of nitrogens with one attached hydrogen (secondary N) is 1. The van der Waals surface area contributed by atoms with Crippen molar-refractivity contribution in [3.63, 3.8) is 0 Å². The van der Waals surface area contributed by atoms with Crippen LogP contribution in [0.2, 0.25) is 0 Å². The highest BCUT2D eigenvalue weighted by Gasteiger charge is 2.19. The number of aryl methyl sites for hydroxylation is 1. The Balaban J connectivity index is 1.37. The average molecular weight is 586 g/mol. The van der Waals surface area contributed by atoms with Crippen molar-refractivity contribution in [2.24, 2.45) is 0 Å². The summed E-state index contributed by atoms with van der Waals surface area (Å²) in [7, 11) is 3.99. The molecule has 214 valence electrons. The van der Waals surface area contributed by atoms with Gasteiger partial charge in [-0.2, -0.15) is 0 Å². The number of rotatable bonds is 11. The quantitative estimate of drug-likeness (QED) is 0.168. The van der Waals surface area contributed by atoms with Gasteiger partial charge in [0, 0.05) is 36.5 Å². The number of hydrogen-bond donors (Lipinski definition) is 1. The third-order valence-corrected chi connectivity index (χ3v) is 7.32. The van der Waals surface area contributed by atoms with E-state index in [1.54, 1.807) is 18.3 Å². The molecule has 2 heterocycles. The highest BCUT2D eigenvalue weighted by atomic mass is 32.1. The van der Waals surface area contributed by atoms with Crippen LogP contribution in [0.4, 0.5) is 20.4 Å².